The van der Waals surface area contributed by atoms with Gasteiger partial charge in [0, 0.05) is 17.8 Å². The molecule has 0 saturated heterocycles. The molecule has 2 aromatic rings. The van der Waals surface area contributed by atoms with Gasteiger partial charge in [-0.25, -0.2) is 13.1 Å². The second kappa shape index (κ2) is 9.07. The zero-order valence-corrected chi connectivity index (χ0v) is 17.9. The summed E-state index contributed by atoms with van der Waals surface area (Å²) < 4.78 is 26.9. The Morgan fingerprint density at radius 2 is 1.72 bits per heavy atom. The highest BCUT2D eigenvalue weighted by molar-refractivity contribution is 7.89. The summed E-state index contributed by atoms with van der Waals surface area (Å²) in [7, 11) is -3.54. The van der Waals surface area contributed by atoms with Crippen LogP contribution in [-0.4, -0.2) is 26.4 Å². The molecular weight excluding hydrogens is 386 g/mol. The number of sulfonamides is 1. The molecule has 0 saturated carbocycles. The van der Waals surface area contributed by atoms with Crippen LogP contribution in [0.15, 0.2) is 53.4 Å². The molecule has 6 nitrogen and oxygen atoms in total. The van der Waals surface area contributed by atoms with Gasteiger partial charge in [0.25, 0.3) is 0 Å². The van der Waals surface area contributed by atoms with E-state index in [-0.39, 0.29) is 28.9 Å². The number of rotatable bonds is 7. The summed E-state index contributed by atoms with van der Waals surface area (Å²) in [6, 6.07) is 14.2. The predicted octanol–water partition coefficient (Wildman–Crippen LogP) is 3.37. The number of aryl methyl sites for hydroxylation is 1. The van der Waals surface area contributed by atoms with Crippen molar-refractivity contribution in [3.05, 3.63) is 59.7 Å². The van der Waals surface area contributed by atoms with E-state index in [1.54, 1.807) is 26.0 Å². The molecule has 3 N–H and O–H groups in total. The fraction of sp³-hybridized carbons (Fsp3) is 0.409. The van der Waals surface area contributed by atoms with Crippen molar-refractivity contribution >= 4 is 21.6 Å². The van der Waals surface area contributed by atoms with E-state index in [0.29, 0.717) is 5.69 Å². The van der Waals surface area contributed by atoms with E-state index >= 15 is 0 Å². The van der Waals surface area contributed by atoms with Crippen LogP contribution >= 0.6 is 0 Å². The Labute approximate surface area is 173 Å². The molecular formula is C22H29N3O3S. The number of fused-ring (bicyclic) bond motifs is 1. The normalized spacial score (nSPS) is 17.6. The van der Waals surface area contributed by atoms with E-state index in [4.69, 9.17) is 0 Å². The van der Waals surface area contributed by atoms with Crippen LogP contribution in [0.4, 0.5) is 5.69 Å². The second-order valence-corrected chi connectivity index (χ2v) is 9.54. The highest BCUT2D eigenvalue weighted by atomic mass is 32.2. The molecule has 2 atom stereocenters. The summed E-state index contributed by atoms with van der Waals surface area (Å²) in [4.78, 5) is 12.8. The number of carbonyl (C=O) groups excluding carboxylic acids is 1. The van der Waals surface area contributed by atoms with Crippen LogP contribution in [0.1, 0.15) is 50.8 Å². The van der Waals surface area contributed by atoms with Crippen LogP contribution in [0.25, 0.3) is 0 Å². The van der Waals surface area contributed by atoms with E-state index in [1.807, 2.05) is 13.0 Å². The van der Waals surface area contributed by atoms with Crippen molar-refractivity contribution in [1.82, 2.24) is 10.0 Å². The first-order valence-electron chi connectivity index (χ1n) is 10.0. The number of hydrogen-bond donors (Lipinski definition) is 3. The minimum absolute atomic E-state index is 0.149. The molecule has 1 amide bonds. The zero-order chi connectivity index (χ0) is 21.0. The topological polar surface area (TPSA) is 87.3 Å². The molecule has 0 spiro atoms. The van der Waals surface area contributed by atoms with Gasteiger partial charge >= 0.3 is 0 Å². The number of nitrogens with one attached hydrogen (secondary N) is 3. The maximum atomic E-state index is 12.6. The quantitative estimate of drug-likeness (QED) is 0.647. The van der Waals surface area contributed by atoms with Crippen molar-refractivity contribution in [3.8, 4) is 0 Å². The van der Waals surface area contributed by atoms with Crippen molar-refractivity contribution < 1.29 is 13.2 Å². The Hall–Kier alpha value is -2.22. The van der Waals surface area contributed by atoms with Gasteiger partial charge in [0.1, 0.15) is 0 Å². The van der Waals surface area contributed by atoms with Crippen molar-refractivity contribution in [1.29, 1.82) is 0 Å². The highest BCUT2D eigenvalue weighted by Crippen LogP contribution is 2.29. The summed E-state index contributed by atoms with van der Waals surface area (Å²) in [5, 5.41) is 6.29. The SMILES string of the molecule is CC(C)NS(=O)(=O)c1ccc(NC(=O)[C@H](C)N[C@@H]2CCCc3ccccc32)cc1. The first kappa shape index (κ1) is 21.5. The Kier molecular flexibility index (Phi) is 6.72. The van der Waals surface area contributed by atoms with Gasteiger partial charge in [0.2, 0.25) is 15.9 Å². The summed E-state index contributed by atoms with van der Waals surface area (Å²) >= 11 is 0. The third kappa shape index (κ3) is 5.44. The molecule has 0 unspecified atom stereocenters. The van der Waals surface area contributed by atoms with Gasteiger partial charge in [-0.3, -0.25) is 10.1 Å². The van der Waals surface area contributed by atoms with Crippen molar-refractivity contribution in [2.75, 3.05) is 5.32 Å². The first-order chi connectivity index (χ1) is 13.8. The summed E-state index contributed by atoms with van der Waals surface area (Å²) in [5.74, 6) is -0.149. The molecule has 0 heterocycles. The molecule has 2 aromatic carbocycles. The highest BCUT2D eigenvalue weighted by Gasteiger charge is 2.24. The Morgan fingerprint density at radius 3 is 2.41 bits per heavy atom. The minimum atomic E-state index is -3.54. The molecule has 0 radical (unpaired) electrons. The lowest BCUT2D eigenvalue weighted by molar-refractivity contribution is -0.118. The molecule has 0 aromatic heterocycles. The van der Waals surface area contributed by atoms with Gasteiger partial charge in [-0.1, -0.05) is 24.3 Å². The Bertz CT molecular complexity index is 956. The monoisotopic (exact) mass is 415 g/mol. The summed E-state index contributed by atoms with van der Waals surface area (Å²) in [5.41, 5.74) is 3.18. The molecule has 29 heavy (non-hydrogen) atoms. The Balaban J connectivity index is 1.62. The number of benzene rings is 2. The molecule has 1 aliphatic rings. The minimum Gasteiger partial charge on any atom is -0.325 e. The fourth-order valence-corrected chi connectivity index (χ4v) is 4.90. The average Bonchev–Trinajstić information content (AvgIpc) is 2.67. The maximum Gasteiger partial charge on any atom is 0.241 e. The summed E-state index contributed by atoms with van der Waals surface area (Å²) in [6.45, 7) is 5.38. The van der Waals surface area contributed by atoms with E-state index in [1.165, 1.54) is 23.3 Å². The van der Waals surface area contributed by atoms with Crippen LogP contribution in [-0.2, 0) is 21.2 Å². The fourth-order valence-electron chi connectivity index (χ4n) is 3.65. The smallest absolute Gasteiger partial charge is 0.241 e. The molecule has 0 bridgehead atoms. The van der Waals surface area contributed by atoms with Gasteiger partial charge in [-0.05, 0) is 75.4 Å². The van der Waals surface area contributed by atoms with Gasteiger partial charge in [0.15, 0.2) is 0 Å². The largest absolute Gasteiger partial charge is 0.325 e. The average molecular weight is 416 g/mol. The number of anilines is 1. The number of hydrogen-bond acceptors (Lipinski definition) is 4. The third-order valence-electron chi connectivity index (χ3n) is 5.04. The van der Waals surface area contributed by atoms with Crippen LogP contribution in [0.2, 0.25) is 0 Å². The van der Waals surface area contributed by atoms with Gasteiger partial charge in [-0.15, -0.1) is 0 Å². The lowest BCUT2D eigenvalue weighted by atomic mass is 9.87. The van der Waals surface area contributed by atoms with E-state index in [0.717, 1.165) is 19.3 Å². The lowest BCUT2D eigenvalue weighted by Crippen LogP contribution is -2.41. The van der Waals surface area contributed by atoms with Gasteiger partial charge < -0.3 is 5.32 Å². The van der Waals surface area contributed by atoms with Crippen molar-refractivity contribution in [3.63, 3.8) is 0 Å². The zero-order valence-electron chi connectivity index (χ0n) is 17.1. The predicted molar refractivity (Wildman–Crippen MR) is 115 cm³/mol. The molecule has 0 aliphatic heterocycles. The van der Waals surface area contributed by atoms with Crippen LogP contribution in [0.5, 0.6) is 0 Å². The van der Waals surface area contributed by atoms with E-state index in [9.17, 15) is 13.2 Å². The number of amides is 1. The third-order valence-corrected chi connectivity index (χ3v) is 6.71. The van der Waals surface area contributed by atoms with E-state index < -0.39 is 10.0 Å². The molecule has 156 valence electrons. The lowest BCUT2D eigenvalue weighted by Gasteiger charge is -2.29. The van der Waals surface area contributed by atoms with Gasteiger partial charge in [-0.2, -0.15) is 0 Å². The van der Waals surface area contributed by atoms with Crippen LogP contribution in [0, 0.1) is 0 Å². The Morgan fingerprint density at radius 1 is 1.03 bits per heavy atom. The summed E-state index contributed by atoms with van der Waals surface area (Å²) in [6.07, 6.45) is 3.18. The molecule has 7 heteroatoms. The van der Waals surface area contributed by atoms with E-state index in [2.05, 4.69) is 33.6 Å². The molecule has 1 aliphatic carbocycles. The standard InChI is InChI=1S/C22H29N3O3S/c1-15(2)25-29(27,28)19-13-11-18(12-14-19)24-22(26)16(3)23-21-10-6-8-17-7-4-5-9-20(17)21/h4-5,7,9,11-16,21,23,25H,6,8,10H2,1-3H3,(H,24,26)/t16-,21+/m0/s1. The van der Waals surface area contributed by atoms with Gasteiger partial charge in [0.05, 0.1) is 10.9 Å². The van der Waals surface area contributed by atoms with Crippen LogP contribution in [0.3, 0.4) is 0 Å². The maximum absolute atomic E-state index is 12.6. The molecule has 3 rings (SSSR count). The second-order valence-electron chi connectivity index (χ2n) is 7.82. The van der Waals surface area contributed by atoms with Crippen LogP contribution < -0.4 is 15.4 Å². The van der Waals surface area contributed by atoms with Crippen molar-refractivity contribution in [2.45, 2.75) is 63.1 Å². The van der Waals surface area contributed by atoms with Crippen molar-refractivity contribution in [2.24, 2.45) is 0 Å². The first-order valence-corrected chi connectivity index (χ1v) is 11.5. The molecule has 0 fully saturated rings. The number of carbonyl (C=O) groups is 1.